The average Bonchev–Trinajstić information content (AvgIpc) is 2.56. The van der Waals surface area contributed by atoms with Crippen molar-refractivity contribution in [3.8, 4) is 0 Å². The molecule has 1 aliphatic heterocycles. The van der Waals surface area contributed by atoms with E-state index >= 15 is 0 Å². The van der Waals surface area contributed by atoms with Crippen molar-refractivity contribution < 1.29 is 4.79 Å². The summed E-state index contributed by atoms with van der Waals surface area (Å²) in [5.74, 6) is 0.111. The zero-order valence-electron chi connectivity index (χ0n) is 9.86. The molecule has 0 spiro atoms. The maximum atomic E-state index is 11.6. The van der Waals surface area contributed by atoms with Crippen LogP contribution in [0, 0.1) is 0 Å². The Bertz CT molecular complexity index is 386. The first kappa shape index (κ1) is 11.7. The van der Waals surface area contributed by atoms with Crippen molar-refractivity contribution in [3.63, 3.8) is 0 Å². The highest BCUT2D eigenvalue weighted by Gasteiger charge is 2.18. The van der Waals surface area contributed by atoms with Crippen LogP contribution in [0.4, 0.5) is 0 Å². The Balaban J connectivity index is 1.88. The van der Waals surface area contributed by atoms with Crippen LogP contribution >= 0.6 is 0 Å². The van der Waals surface area contributed by atoms with Gasteiger partial charge in [0.05, 0.1) is 0 Å². The molecule has 1 aliphatic rings. The van der Waals surface area contributed by atoms with Crippen LogP contribution in [0.25, 0.3) is 6.08 Å². The Morgan fingerprint density at radius 3 is 2.88 bits per heavy atom. The summed E-state index contributed by atoms with van der Waals surface area (Å²) in [5, 5.41) is 6.08. The lowest BCUT2D eigenvalue weighted by atomic mass is 10.1. The van der Waals surface area contributed by atoms with E-state index in [1.807, 2.05) is 42.6 Å². The summed E-state index contributed by atoms with van der Waals surface area (Å²) < 4.78 is 0. The summed E-state index contributed by atoms with van der Waals surface area (Å²) >= 11 is 0. The molecular weight excluding hydrogens is 212 g/mol. The van der Waals surface area contributed by atoms with Gasteiger partial charge < -0.3 is 10.6 Å². The number of carbonyl (C=O) groups is 1. The molecule has 0 bridgehead atoms. The van der Waals surface area contributed by atoms with Gasteiger partial charge >= 0.3 is 0 Å². The molecule has 2 N–H and O–H groups in total. The van der Waals surface area contributed by atoms with E-state index in [-0.39, 0.29) is 11.9 Å². The van der Waals surface area contributed by atoms with Crippen molar-refractivity contribution in [2.24, 2.45) is 0 Å². The maximum Gasteiger partial charge on any atom is 0.242 e. The van der Waals surface area contributed by atoms with Gasteiger partial charge in [-0.05, 0) is 37.1 Å². The van der Waals surface area contributed by atoms with E-state index in [1.165, 1.54) is 0 Å². The molecule has 1 atom stereocenters. The van der Waals surface area contributed by atoms with Gasteiger partial charge in [-0.2, -0.15) is 0 Å². The van der Waals surface area contributed by atoms with E-state index in [2.05, 4.69) is 10.6 Å². The molecule has 3 nitrogen and oxygen atoms in total. The van der Waals surface area contributed by atoms with Gasteiger partial charge in [0.15, 0.2) is 0 Å². The van der Waals surface area contributed by atoms with Crippen molar-refractivity contribution in [2.75, 3.05) is 6.54 Å². The third kappa shape index (κ3) is 3.63. The van der Waals surface area contributed by atoms with Crippen LogP contribution in [0.15, 0.2) is 36.5 Å². The highest BCUT2D eigenvalue weighted by Crippen LogP contribution is 2.06. The third-order valence-corrected chi connectivity index (χ3v) is 2.91. The zero-order chi connectivity index (χ0) is 11.9. The molecule has 0 saturated carbocycles. The second-order valence-corrected chi connectivity index (χ2v) is 4.25. The van der Waals surface area contributed by atoms with Gasteiger partial charge in [0.25, 0.3) is 0 Å². The number of amides is 1. The number of hydrogen-bond donors (Lipinski definition) is 2. The van der Waals surface area contributed by atoms with Crippen LogP contribution in [-0.4, -0.2) is 18.5 Å². The lowest BCUT2D eigenvalue weighted by Gasteiger charge is -2.12. The zero-order valence-corrected chi connectivity index (χ0v) is 9.86. The quantitative estimate of drug-likeness (QED) is 0.833. The molecule has 0 aromatic heterocycles. The fourth-order valence-corrected chi connectivity index (χ4v) is 1.92. The SMILES string of the molecule is O=C1NCCCCC1NC=Cc1ccccc1. The molecular formula is C14H18N2O. The molecule has 1 aromatic carbocycles. The van der Waals surface area contributed by atoms with Gasteiger partial charge in [-0.25, -0.2) is 0 Å². The van der Waals surface area contributed by atoms with Gasteiger partial charge in [0, 0.05) is 6.54 Å². The van der Waals surface area contributed by atoms with Gasteiger partial charge in [0.1, 0.15) is 6.04 Å². The van der Waals surface area contributed by atoms with Crippen LogP contribution in [0.2, 0.25) is 0 Å². The minimum absolute atomic E-state index is 0.0857. The summed E-state index contributed by atoms with van der Waals surface area (Å²) in [5.41, 5.74) is 1.13. The molecule has 17 heavy (non-hydrogen) atoms. The van der Waals surface area contributed by atoms with E-state index in [9.17, 15) is 4.79 Å². The molecule has 1 heterocycles. The Hall–Kier alpha value is -1.77. The van der Waals surface area contributed by atoms with Crippen LogP contribution in [-0.2, 0) is 4.79 Å². The van der Waals surface area contributed by atoms with Gasteiger partial charge in [0.2, 0.25) is 5.91 Å². The lowest BCUT2D eigenvalue weighted by Crippen LogP contribution is -2.40. The van der Waals surface area contributed by atoms with Crippen molar-refractivity contribution in [2.45, 2.75) is 25.3 Å². The molecule has 1 aromatic rings. The first-order valence-electron chi connectivity index (χ1n) is 6.11. The summed E-state index contributed by atoms with van der Waals surface area (Å²) in [6.45, 7) is 0.805. The molecule has 90 valence electrons. The van der Waals surface area contributed by atoms with Crippen molar-refractivity contribution in [3.05, 3.63) is 42.1 Å². The molecule has 1 amide bonds. The van der Waals surface area contributed by atoms with Crippen LogP contribution in [0.5, 0.6) is 0 Å². The number of carbonyl (C=O) groups excluding carboxylic acids is 1. The molecule has 0 radical (unpaired) electrons. The predicted molar refractivity (Wildman–Crippen MR) is 69.3 cm³/mol. The van der Waals surface area contributed by atoms with E-state index < -0.39 is 0 Å². The first-order chi connectivity index (χ1) is 8.36. The molecule has 3 heteroatoms. The van der Waals surface area contributed by atoms with E-state index in [0.717, 1.165) is 31.4 Å². The van der Waals surface area contributed by atoms with Crippen molar-refractivity contribution in [1.29, 1.82) is 0 Å². The predicted octanol–water partition coefficient (Wildman–Crippen LogP) is 1.92. The Labute approximate surface area is 102 Å². The molecule has 1 saturated heterocycles. The van der Waals surface area contributed by atoms with E-state index in [0.29, 0.717) is 0 Å². The van der Waals surface area contributed by atoms with Gasteiger partial charge in [-0.15, -0.1) is 0 Å². The molecule has 1 fully saturated rings. The highest BCUT2D eigenvalue weighted by atomic mass is 16.2. The second kappa shape index (κ2) is 6.09. The van der Waals surface area contributed by atoms with Crippen LogP contribution in [0.3, 0.4) is 0 Å². The maximum absolute atomic E-state index is 11.6. The van der Waals surface area contributed by atoms with Crippen LogP contribution < -0.4 is 10.6 Å². The first-order valence-corrected chi connectivity index (χ1v) is 6.11. The minimum Gasteiger partial charge on any atom is -0.380 e. The van der Waals surface area contributed by atoms with Gasteiger partial charge in [-0.3, -0.25) is 4.79 Å². The number of hydrogen-bond acceptors (Lipinski definition) is 2. The Morgan fingerprint density at radius 2 is 2.06 bits per heavy atom. The summed E-state index contributed by atoms with van der Waals surface area (Å²) in [7, 11) is 0. The number of rotatable bonds is 3. The molecule has 0 aliphatic carbocycles. The standard InChI is InChI=1S/C14H18N2O/c17-14-13(8-4-5-10-16-14)15-11-9-12-6-2-1-3-7-12/h1-3,6-7,9,11,13,15H,4-5,8,10H2,(H,16,17). The topological polar surface area (TPSA) is 41.1 Å². The largest absolute Gasteiger partial charge is 0.380 e. The number of nitrogens with one attached hydrogen (secondary N) is 2. The minimum atomic E-state index is -0.0857. The van der Waals surface area contributed by atoms with E-state index in [4.69, 9.17) is 0 Å². The average molecular weight is 230 g/mol. The fourth-order valence-electron chi connectivity index (χ4n) is 1.92. The fraction of sp³-hybridized carbons (Fsp3) is 0.357. The second-order valence-electron chi connectivity index (χ2n) is 4.25. The highest BCUT2D eigenvalue weighted by molar-refractivity contribution is 5.82. The third-order valence-electron chi connectivity index (χ3n) is 2.91. The Kier molecular flexibility index (Phi) is 4.19. The van der Waals surface area contributed by atoms with Crippen LogP contribution in [0.1, 0.15) is 24.8 Å². The van der Waals surface area contributed by atoms with Crippen molar-refractivity contribution >= 4 is 12.0 Å². The molecule has 1 unspecified atom stereocenters. The van der Waals surface area contributed by atoms with Crippen molar-refractivity contribution in [1.82, 2.24) is 10.6 Å². The summed E-state index contributed by atoms with van der Waals surface area (Å²) in [4.78, 5) is 11.6. The smallest absolute Gasteiger partial charge is 0.242 e. The normalized spacial score (nSPS) is 20.9. The monoisotopic (exact) mass is 230 g/mol. The Morgan fingerprint density at radius 1 is 1.24 bits per heavy atom. The lowest BCUT2D eigenvalue weighted by molar-refractivity contribution is -0.122. The van der Waals surface area contributed by atoms with Gasteiger partial charge in [-0.1, -0.05) is 30.3 Å². The number of benzene rings is 1. The van der Waals surface area contributed by atoms with E-state index in [1.54, 1.807) is 0 Å². The summed E-state index contributed by atoms with van der Waals surface area (Å²) in [6.07, 6.45) is 6.93. The summed E-state index contributed by atoms with van der Waals surface area (Å²) in [6, 6.07) is 9.97. The molecule has 2 rings (SSSR count).